The van der Waals surface area contributed by atoms with Crippen LogP contribution in [0, 0.1) is 5.92 Å². The van der Waals surface area contributed by atoms with Gasteiger partial charge < -0.3 is 9.64 Å². The summed E-state index contributed by atoms with van der Waals surface area (Å²) in [4.78, 5) is 14.8. The van der Waals surface area contributed by atoms with Crippen LogP contribution >= 0.6 is 0 Å². The van der Waals surface area contributed by atoms with Crippen molar-refractivity contribution in [2.24, 2.45) is 5.92 Å². The highest BCUT2D eigenvalue weighted by molar-refractivity contribution is 5.85. The van der Waals surface area contributed by atoms with Crippen LogP contribution in [0.3, 0.4) is 0 Å². The first kappa shape index (κ1) is 14.8. The Morgan fingerprint density at radius 1 is 1.47 bits per heavy atom. The van der Waals surface area contributed by atoms with Gasteiger partial charge in [-0.3, -0.25) is 10.1 Å². The van der Waals surface area contributed by atoms with Crippen molar-refractivity contribution in [3.63, 3.8) is 0 Å². The average Bonchev–Trinajstić information content (AvgIpc) is 2.76. The molecule has 4 atom stereocenters. The molecule has 2 rings (SSSR count). The van der Waals surface area contributed by atoms with Gasteiger partial charge in [0.2, 0.25) is 5.91 Å². The van der Waals surface area contributed by atoms with Crippen molar-refractivity contribution in [2.75, 3.05) is 13.2 Å². The molecule has 0 bridgehead atoms. The standard InChI is InChI=1S/C15H28N2O2/c1-4-7-13-16-14(11(3)5-2)15(18)17(13)12-8-6-9-19-10-12/h11-14,16H,4-10H2,1-3H3. The Bertz CT molecular complexity index is 303. The highest BCUT2D eigenvalue weighted by Crippen LogP contribution is 2.26. The van der Waals surface area contributed by atoms with E-state index < -0.39 is 0 Å². The lowest BCUT2D eigenvalue weighted by Crippen LogP contribution is -2.48. The normalized spacial score (nSPS) is 33.7. The zero-order valence-corrected chi connectivity index (χ0v) is 12.5. The third kappa shape index (κ3) is 3.11. The summed E-state index contributed by atoms with van der Waals surface area (Å²) in [6.07, 6.45) is 5.54. The second kappa shape index (κ2) is 6.71. The lowest BCUT2D eigenvalue weighted by Gasteiger charge is -2.35. The van der Waals surface area contributed by atoms with Crippen molar-refractivity contribution in [3.8, 4) is 0 Å². The summed E-state index contributed by atoms with van der Waals surface area (Å²) in [5, 5.41) is 3.56. The van der Waals surface area contributed by atoms with E-state index in [1.807, 2.05) is 0 Å². The molecular formula is C15H28N2O2. The predicted molar refractivity (Wildman–Crippen MR) is 75.8 cm³/mol. The second-order valence-electron chi connectivity index (χ2n) is 5.95. The van der Waals surface area contributed by atoms with Crippen LogP contribution in [0.1, 0.15) is 52.9 Å². The van der Waals surface area contributed by atoms with Gasteiger partial charge in [0.1, 0.15) is 0 Å². The number of carbonyl (C=O) groups is 1. The van der Waals surface area contributed by atoms with Crippen molar-refractivity contribution in [1.29, 1.82) is 0 Å². The Morgan fingerprint density at radius 3 is 2.84 bits per heavy atom. The number of hydrogen-bond donors (Lipinski definition) is 1. The highest BCUT2D eigenvalue weighted by atomic mass is 16.5. The van der Waals surface area contributed by atoms with Gasteiger partial charge >= 0.3 is 0 Å². The molecule has 0 saturated carbocycles. The monoisotopic (exact) mass is 268 g/mol. The molecule has 0 aliphatic carbocycles. The van der Waals surface area contributed by atoms with Gasteiger partial charge in [-0.2, -0.15) is 0 Å². The lowest BCUT2D eigenvalue weighted by atomic mass is 9.99. The van der Waals surface area contributed by atoms with E-state index in [9.17, 15) is 4.79 Å². The number of rotatable bonds is 5. The SMILES string of the molecule is CCCC1NC(C(C)CC)C(=O)N1C1CCCOC1. The van der Waals surface area contributed by atoms with Gasteiger partial charge in [-0.05, 0) is 25.2 Å². The van der Waals surface area contributed by atoms with Gasteiger partial charge in [-0.1, -0.05) is 33.6 Å². The number of nitrogens with zero attached hydrogens (tertiary/aromatic N) is 1. The predicted octanol–water partition coefficient (Wildman–Crippen LogP) is 2.14. The average molecular weight is 268 g/mol. The topological polar surface area (TPSA) is 41.6 Å². The quantitative estimate of drug-likeness (QED) is 0.830. The number of amides is 1. The fourth-order valence-corrected chi connectivity index (χ4v) is 3.19. The van der Waals surface area contributed by atoms with Crippen molar-refractivity contribution >= 4 is 5.91 Å². The van der Waals surface area contributed by atoms with E-state index in [0.29, 0.717) is 18.4 Å². The van der Waals surface area contributed by atoms with Gasteiger partial charge in [0.05, 0.1) is 24.9 Å². The van der Waals surface area contributed by atoms with E-state index >= 15 is 0 Å². The first-order valence-corrected chi connectivity index (χ1v) is 7.85. The van der Waals surface area contributed by atoms with Crippen LogP contribution in [-0.4, -0.2) is 42.3 Å². The van der Waals surface area contributed by atoms with Gasteiger partial charge in [-0.15, -0.1) is 0 Å². The fraction of sp³-hybridized carbons (Fsp3) is 0.933. The zero-order valence-electron chi connectivity index (χ0n) is 12.5. The van der Waals surface area contributed by atoms with E-state index in [2.05, 4.69) is 31.0 Å². The van der Waals surface area contributed by atoms with Crippen LogP contribution < -0.4 is 5.32 Å². The van der Waals surface area contributed by atoms with E-state index in [4.69, 9.17) is 4.74 Å². The Kier molecular flexibility index (Phi) is 5.22. The van der Waals surface area contributed by atoms with Crippen LogP contribution in [0.25, 0.3) is 0 Å². The van der Waals surface area contributed by atoms with Crippen molar-refractivity contribution in [2.45, 2.75) is 71.1 Å². The van der Waals surface area contributed by atoms with Gasteiger partial charge in [0.25, 0.3) is 0 Å². The molecule has 2 aliphatic heterocycles. The molecule has 4 unspecified atom stereocenters. The molecule has 19 heavy (non-hydrogen) atoms. The Balaban J connectivity index is 2.10. The van der Waals surface area contributed by atoms with Crippen molar-refractivity contribution in [1.82, 2.24) is 10.2 Å². The third-order valence-corrected chi connectivity index (χ3v) is 4.53. The van der Waals surface area contributed by atoms with E-state index in [1.54, 1.807) is 0 Å². The fourth-order valence-electron chi connectivity index (χ4n) is 3.19. The first-order chi connectivity index (χ1) is 9.19. The van der Waals surface area contributed by atoms with E-state index in [-0.39, 0.29) is 18.2 Å². The number of hydrogen-bond acceptors (Lipinski definition) is 3. The summed E-state index contributed by atoms with van der Waals surface area (Å²) in [6, 6.07) is 0.280. The molecule has 4 heteroatoms. The van der Waals surface area contributed by atoms with Crippen LogP contribution in [0.5, 0.6) is 0 Å². The van der Waals surface area contributed by atoms with Gasteiger partial charge in [0, 0.05) is 6.61 Å². The summed E-state index contributed by atoms with van der Waals surface area (Å²) >= 11 is 0. The minimum atomic E-state index is 0.00322. The molecule has 0 spiro atoms. The van der Waals surface area contributed by atoms with Crippen molar-refractivity contribution < 1.29 is 9.53 Å². The molecule has 2 saturated heterocycles. The van der Waals surface area contributed by atoms with Crippen molar-refractivity contribution in [3.05, 3.63) is 0 Å². The summed E-state index contributed by atoms with van der Waals surface area (Å²) in [7, 11) is 0. The van der Waals surface area contributed by atoms with Crippen LogP contribution in [-0.2, 0) is 9.53 Å². The summed E-state index contributed by atoms with van der Waals surface area (Å²) in [5.41, 5.74) is 0. The minimum Gasteiger partial charge on any atom is -0.379 e. The molecule has 2 fully saturated rings. The Hall–Kier alpha value is -0.610. The summed E-state index contributed by atoms with van der Waals surface area (Å²) in [6.45, 7) is 8.05. The minimum absolute atomic E-state index is 0.00322. The van der Waals surface area contributed by atoms with E-state index in [1.165, 1.54) is 0 Å². The smallest absolute Gasteiger partial charge is 0.241 e. The molecule has 2 heterocycles. The molecule has 2 aliphatic rings. The maximum atomic E-state index is 12.7. The molecule has 0 radical (unpaired) electrons. The number of carbonyl (C=O) groups excluding carboxylic acids is 1. The Morgan fingerprint density at radius 2 is 2.26 bits per heavy atom. The van der Waals surface area contributed by atoms with Gasteiger partial charge in [-0.25, -0.2) is 0 Å². The number of ether oxygens (including phenoxy) is 1. The second-order valence-corrected chi connectivity index (χ2v) is 5.95. The molecule has 0 aromatic carbocycles. The zero-order chi connectivity index (χ0) is 13.8. The molecule has 0 aromatic rings. The van der Waals surface area contributed by atoms with Crippen LogP contribution in [0.4, 0.5) is 0 Å². The molecule has 4 nitrogen and oxygen atoms in total. The summed E-state index contributed by atoms with van der Waals surface area (Å²) < 4.78 is 5.57. The van der Waals surface area contributed by atoms with Gasteiger partial charge in [0.15, 0.2) is 0 Å². The molecule has 1 amide bonds. The summed E-state index contributed by atoms with van der Waals surface area (Å²) in [5.74, 6) is 0.699. The van der Waals surface area contributed by atoms with E-state index in [0.717, 1.165) is 38.7 Å². The maximum absolute atomic E-state index is 12.7. The Labute approximate surface area is 116 Å². The first-order valence-electron chi connectivity index (χ1n) is 7.85. The molecule has 1 N–H and O–H groups in total. The largest absolute Gasteiger partial charge is 0.379 e. The van der Waals surface area contributed by atoms with Crippen LogP contribution in [0.15, 0.2) is 0 Å². The molecule has 110 valence electrons. The number of nitrogens with one attached hydrogen (secondary N) is 1. The highest BCUT2D eigenvalue weighted by Gasteiger charge is 2.43. The third-order valence-electron chi connectivity index (χ3n) is 4.53. The lowest BCUT2D eigenvalue weighted by molar-refractivity contribution is -0.136. The molecular weight excluding hydrogens is 240 g/mol. The maximum Gasteiger partial charge on any atom is 0.241 e. The molecule has 0 aromatic heterocycles. The van der Waals surface area contributed by atoms with Crippen LogP contribution in [0.2, 0.25) is 0 Å².